The van der Waals surface area contributed by atoms with Crippen LogP contribution in [0.4, 0.5) is 4.39 Å². The molecule has 4 heteroatoms. The Labute approximate surface area is 120 Å². The topological polar surface area (TPSA) is 41.1 Å². The second kappa shape index (κ2) is 7.39. The van der Waals surface area contributed by atoms with Gasteiger partial charge in [0.1, 0.15) is 5.82 Å². The fourth-order valence-corrected chi connectivity index (χ4v) is 2.71. The van der Waals surface area contributed by atoms with Crippen molar-refractivity contribution >= 4 is 5.91 Å². The summed E-state index contributed by atoms with van der Waals surface area (Å²) in [6.07, 6.45) is 4.95. The molecular formula is C16H23FN2O. The van der Waals surface area contributed by atoms with Crippen molar-refractivity contribution in [3.8, 4) is 0 Å². The molecular weight excluding hydrogens is 255 g/mol. The minimum atomic E-state index is -0.256. The third kappa shape index (κ3) is 4.60. The van der Waals surface area contributed by atoms with Crippen molar-refractivity contribution in [3.05, 3.63) is 35.6 Å². The van der Waals surface area contributed by atoms with E-state index in [1.165, 1.54) is 31.4 Å². The second-order valence-corrected chi connectivity index (χ2v) is 5.65. The van der Waals surface area contributed by atoms with Gasteiger partial charge in [0.15, 0.2) is 0 Å². The maximum absolute atomic E-state index is 12.8. The van der Waals surface area contributed by atoms with Crippen LogP contribution in [0.1, 0.15) is 38.2 Å². The number of hydrogen-bond acceptors (Lipinski definition) is 2. The first-order valence-electron chi connectivity index (χ1n) is 7.39. The third-order valence-electron chi connectivity index (χ3n) is 4.04. The zero-order valence-electron chi connectivity index (χ0n) is 12.0. The highest BCUT2D eigenvalue weighted by Crippen LogP contribution is 2.23. The number of halogens is 1. The van der Waals surface area contributed by atoms with E-state index in [0.717, 1.165) is 12.0 Å². The van der Waals surface area contributed by atoms with Crippen LogP contribution in [-0.2, 0) is 11.3 Å². The van der Waals surface area contributed by atoms with Gasteiger partial charge < -0.3 is 10.6 Å². The van der Waals surface area contributed by atoms with Crippen LogP contribution in [0, 0.1) is 11.7 Å². The van der Waals surface area contributed by atoms with E-state index in [1.807, 2.05) is 0 Å². The summed E-state index contributed by atoms with van der Waals surface area (Å²) in [5, 5.41) is 6.19. The molecule has 1 fully saturated rings. The molecule has 1 aliphatic rings. The van der Waals surface area contributed by atoms with Crippen LogP contribution in [0.25, 0.3) is 0 Å². The van der Waals surface area contributed by atoms with Gasteiger partial charge in [0.25, 0.3) is 0 Å². The molecule has 0 heterocycles. The Balaban J connectivity index is 1.68. The molecule has 1 aromatic rings. The molecule has 110 valence electrons. The lowest BCUT2D eigenvalue weighted by Crippen LogP contribution is -2.43. The SMILES string of the molecule is C[C@H]1CCCC[C@@H]1NCC(=O)NCc1ccc(F)cc1. The van der Waals surface area contributed by atoms with E-state index in [1.54, 1.807) is 12.1 Å². The molecule has 0 spiro atoms. The van der Waals surface area contributed by atoms with Crippen LogP contribution < -0.4 is 10.6 Å². The molecule has 20 heavy (non-hydrogen) atoms. The molecule has 0 radical (unpaired) electrons. The Bertz CT molecular complexity index is 433. The van der Waals surface area contributed by atoms with Crippen molar-refractivity contribution in [2.45, 2.75) is 45.2 Å². The van der Waals surface area contributed by atoms with Crippen LogP contribution in [-0.4, -0.2) is 18.5 Å². The third-order valence-corrected chi connectivity index (χ3v) is 4.04. The van der Waals surface area contributed by atoms with Gasteiger partial charge in [0.2, 0.25) is 5.91 Å². The van der Waals surface area contributed by atoms with E-state index in [0.29, 0.717) is 25.0 Å². The highest BCUT2D eigenvalue weighted by atomic mass is 19.1. The van der Waals surface area contributed by atoms with Gasteiger partial charge in [-0.05, 0) is 36.5 Å². The highest BCUT2D eigenvalue weighted by Gasteiger charge is 2.21. The van der Waals surface area contributed by atoms with E-state index in [9.17, 15) is 9.18 Å². The van der Waals surface area contributed by atoms with Crippen molar-refractivity contribution < 1.29 is 9.18 Å². The summed E-state index contributed by atoms with van der Waals surface area (Å²) >= 11 is 0. The van der Waals surface area contributed by atoms with E-state index in [-0.39, 0.29) is 11.7 Å². The first-order chi connectivity index (χ1) is 9.65. The predicted molar refractivity (Wildman–Crippen MR) is 77.7 cm³/mol. The number of carbonyl (C=O) groups is 1. The minimum absolute atomic E-state index is 0.00732. The van der Waals surface area contributed by atoms with E-state index < -0.39 is 0 Å². The lowest BCUT2D eigenvalue weighted by Gasteiger charge is -2.29. The predicted octanol–water partition coefficient (Wildman–Crippen LogP) is 2.61. The molecule has 2 rings (SSSR count). The van der Waals surface area contributed by atoms with E-state index >= 15 is 0 Å². The highest BCUT2D eigenvalue weighted by molar-refractivity contribution is 5.78. The Morgan fingerprint density at radius 3 is 2.65 bits per heavy atom. The summed E-state index contributed by atoms with van der Waals surface area (Å²) in [6.45, 7) is 3.05. The van der Waals surface area contributed by atoms with E-state index in [4.69, 9.17) is 0 Å². The van der Waals surface area contributed by atoms with Gasteiger partial charge >= 0.3 is 0 Å². The summed E-state index contributed by atoms with van der Waals surface area (Å²) in [5.41, 5.74) is 0.908. The molecule has 2 atom stereocenters. The van der Waals surface area contributed by atoms with Crippen molar-refractivity contribution in [1.29, 1.82) is 0 Å². The first-order valence-corrected chi connectivity index (χ1v) is 7.39. The Kier molecular flexibility index (Phi) is 5.53. The monoisotopic (exact) mass is 278 g/mol. The molecule has 1 aromatic carbocycles. The van der Waals surface area contributed by atoms with Crippen molar-refractivity contribution in [3.63, 3.8) is 0 Å². The van der Waals surface area contributed by atoms with Crippen LogP contribution in [0.3, 0.4) is 0 Å². The van der Waals surface area contributed by atoms with E-state index in [2.05, 4.69) is 17.6 Å². The lowest BCUT2D eigenvalue weighted by atomic mass is 9.86. The molecule has 0 saturated heterocycles. The molecule has 0 aromatic heterocycles. The maximum Gasteiger partial charge on any atom is 0.234 e. The Morgan fingerprint density at radius 2 is 1.95 bits per heavy atom. The average Bonchev–Trinajstić information content (AvgIpc) is 2.46. The summed E-state index contributed by atoms with van der Waals surface area (Å²) in [7, 11) is 0. The quantitative estimate of drug-likeness (QED) is 0.869. The summed E-state index contributed by atoms with van der Waals surface area (Å²) in [5.74, 6) is 0.383. The maximum atomic E-state index is 12.8. The van der Waals surface area contributed by atoms with Crippen molar-refractivity contribution in [1.82, 2.24) is 10.6 Å². The fourth-order valence-electron chi connectivity index (χ4n) is 2.71. The number of rotatable bonds is 5. The fraction of sp³-hybridized carbons (Fsp3) is 0.562. The zero-order chi connectivity index (χ0) is 14.4. The van der Waals surface area contributed by atoms with Crippen LogP contribution >= 0.6 is 0 Å². The second-order valence-electron chi connectivity index (χ2n) is 5.65. The van der Waals surface area contributed by atoms with Crippen molar-refractivity contribution in [2.24, 2.45) is 5.92 Å². The minimum Gasteiger partial charge on any atom is -0.351 e. The van der Waals surface area contributed by atoms with Gasteiger partial charge in [-0.1, -0.05) is 31.9 Å². The Morgan fingerprint density at radius 1 is 1.25 bits per heavy atom. The summed E-state index contributed by atoms with van der Waals surface area (Å²) in [4.78, 5) is 11.8. The molecule has 0 aliphatic heterocycles. The van der Waals surface area contributed by atoms with Crippen molar-refractivity contribution in [2.75, 3.05) is 6.54 Å². The number of amides is 1. The Hall–Kier alpha value is -1.42. The van der Waals surface area contributed by atoms with Gasteiger partial charge in [0.05, 0.1) is 6.54 Å². The molecule has 1 aliphatic carbocycles. The summed E-state index contributed by atoms with van der Waals surface area (Å²) in [6, 6.07) is 6.64. The lowest BCUT2D eigenvalue weighted by molar-refractivity contribution is -0.120. The average molecular weight is 278 g/mol. The van der Waals surface area contributed by atoms with Gasteiger partial charge in [-0.15, -0.1) is 0 Å². The van der Waals surface area contributed by atoms with Crippen LogP contribution in [0.5, 0.6) is 0 Å². The summed E-state index contributed by atoms with van der Waals surface area (Å²) < 4.78 is 12.8. The van der Waals surface area contributed by atoms with Gasteiger partial charge in [0, 0.05) is 12.6 Å². The molecule has 0 bridgehead atoms. The van der Waals surface area contributed by atoms with Crippen LogP contribution in [0.2, 0.25) is 0 Å². The molecule has 3 nitrogen and oxygen atoms in total. The van der Waals surface area contributed by atoms with Gasteiger partial charge in [-0.25, -0.2) is 4.39 Å². The van der Waals surface area contributed by atoms with Gasteiger partial charge in [-0.3, -0.25) is 4.79 Å². The molecule has 1 saturated carbocycles. The van der Waals surface area contributed by atoms with Gasteiger partial charge in [-0.2, -0.15) is 0 Å². The molecule has 0 unspecified atom stereocenters. The first kappa shape index (κ1) is 15.0. The standard InChI is InChI=1S/C16H23FN2O/c1-12-4-2-3-5-15(12)18-11-16(20)19-10-13-6-8-14(17)9-7-13/h6-9,12,15,18H,2-5,10-11H2,1H3,(H,19,20)/t12-,15-/m0/s1. The smallest absolute Gasteiger partial charge is 0.234 e. The number of nitrogens with one attached hydrogen (secondary N) is 2. The molecule has 1 amide bonds. The number of benzene rings is 1. The number of carbonyl (C=O) groups excluding carboxylic acids is 1. The zero-order valence-corrected chi connectivity index (χ0v) is 12.0. The number of hydrogen-bond donors (Lipinski definition) is 2. The van der Waals surface area contributed by atoms with Crippen LogP contribution in [0.15, 0.2) is 24.3 Å². The normalized spacial score (nSPS) is 22.5. The molecule has 2 N–H and O–H groups in total. The largest absolute Gasteiger partial charge is 0.351 e.